The number of rotatable bonds is 6. The maximum absolute atomic E-state index is 12.9. The lowest BCUT2D eigenvalue weighted by atomic mass is 10.1. The average molecular weight is 475 g/mol. The van der Waals surface area contributed by atoms with Crippen LogP contribution >= 0.6 is 11.6 Å². The average Bonchev–Trinajstić information content (AvgIpc) is 3.39. The summed E-state index contributed by atoms with van der Waals surface area (Å²) in [6.45, 7) is 4.27. The minimum atomic E-state index is -3.82. The summed E-state index contributed by atoms with van der Waals surface area (Å²) in [5.74, 6) is -0.976. The van der Waals surface area contributed by atoms with Gasteiger partial charge in [-0.25, -0.2) is 0 Å². The van der Waals surface area contributed by atoms with E-state index in [2.05, 4.69) is 20.5 Å². The molecule has 1 aromatic heterocycles. The van der Waals surface area contributed by atoms with E-state index in [4.69, 9.17) is 11.6 Å². The van der Waals surface area contributed by atoms with Crippen molar-refractivity contribution in [2.24, 2.45) is 5.92 Å². The van der Waals surface area contributed by atoms with Gasteiger partial charge in [-0.15, -0.1) is 8.78 Å². The number of benzene rings is 2. The number of halogens is 3. The van der Waals surface area contributed by atoms with Crippen LogP contribution in [0.3, 0.4) is 0 Å². The quantitative estimate of drug-likeness (QED) is 0.477. The van der Waals surface area contributed by atoms with Crippen LogP contribution in [0.4, 0.5) is 20.3 Å². The molecule has 4 rings (SSSR count). The standard InChI is InChI=1S/C23H21ClF2N4O3/c1-13(2)22(32)30-20(28-21(31)16-5-8-18-15(11-16)9-10-27-18)12-19(29-30)14-3-6-17(7-4-14)33-23(24,25)26/h3-8,11-13,27H,9-10H2,1-2H3,(H,28,31). The molecule has 33 heavy (non-hydrogen) atoms. The Kier molecular flexibility index (Phi) is 6.07. The summed E-state index contributed by atoms with van der Waals surface area (Å²) in [6.07, 6.45) is 0.833. The van der Waals surface area contributed by atoms with E-state index in [0.717, 1.165) is 28.9 Å². The van der Waals surface area contributed by atoms with Crippen LogP contribution in [-0.4, -0.2) is 33.7 Å². The zero-order valence-electron chi connectivity index (χ0n) is 17.9. The van der Waals surface area contributed by atoms with Gasteiger partial charge in [-0.05, 0) is 54.4 Å². The van der Waals surface area contributed by atoms with Crippen molar-refractivity contribution in [2.75, 3.05) is 17.2 Å². The molecule has 1 amide bonds. The van der Waals surface area contributed by atoms with Crippen LogP contribution in [0.5, 0.6) is 5.75 Å². The minimum absolute atomic E-state index is 0.129. The van der Waals surface area contributed by atoms with Crippen molar-refractivity contribution in [2.45, 2.75) is 25.8 Å². The van der Waals surface area contributed by atoms with E-state index >= 15 is 0 Å². The SMILES string of the molecule is CC(C)C(=O)n1nc(-c2ccc(OC(F)(F)Cl)cc2)cc1NC(=O)c1ccc2c(c1)CCN2. The van der Waals surface area contributed by atoms with Gasteiger partial charge in [-0.3, -0.25) is 9.59 Å². The van der Waals surface area contributed by atoms with Gasteiger partial charge in [-0.2, -0.15) is 9.78 Å². The van der Waals surface area contributed by atoms with Gasteiger partial charge in [0.2, 0.25) is 0 Å². The fraction of sp³-hybridized carbons (Fsp3) is 0.261. The smallest absolute Gasteiger partial charge is 0.420 e. The van der Waals surface area contributed by atoms with Crippen LogP contribution in [0.25, 0.3) is 11.3 Å². The second kappa shape index (κ2) is 8.82. The van der Waals surface area contributed by atoms with Crippen molar-refractivity contribution >= 4 is 34.9 Å². The van der Waals surface area contributed by atoms with Gasteiger partial charge >= 0.3 is 5.57 Å². The summed E-state index contributed by atoms with van der Waals surface area (Å²) < 4.78 is 31.1. The van der Waals surface area contributed by atoms with Crippen LogP contribution in [0.1, 0.15) is 34.6 Å². The van der Waals surface area contributed by atoms with Crippen molar-refractivity contribution < 1.29 is 23.1 Å². The van der Waals surface area contributed by atoms with E-state index in [1.165, 1.54) is 24.3 Å². The molecule has 2 N–H and O–H groups in total. The van der Waals surface area contributed by atoms with Gasteiger partial charge in [-0.1, -0.05) is 13.8 Å². The summed E-state index contributed by atoms with van der Waals surface area (Å²) in [4.78, 5) is 25.6. The van der Waals surface area contributed by atoms with E-state index < -0.39 is 5.57 Å². The monoisotopic (exact) mass is 474 g/mol. The second-order valence-electron chi connectivity index (χ2n) is 7.89. The second-order valence-corrected chi connectivity index (χ2v) is 8.33. The molecule has 2 aromatic carbocycles. The topological polar surface area (TPSA) is 85.2 Å². The Hall–Kier alpha value is -3.46. The summed E-state index contributed by atoms with van der Waals surface area (Å²) >= 11 is 4.79. The molecular formula is C23H21ClF2N4O3. The molecule has 3 aromatic rings. The van der Waals surface area contributed by atoms with E-state index in [9.17, 15) is 18.4 Å². The van der Waals surface area contributed by atoms with Crippen LogP contribution in [0.2, 0.25) is 0 Å². The molecular weight excluding hydrogens is 454 g/mol. The first-order valence-corrected chi connectivity index (χ1v) is 10.7. The number of nitrogens with zero attached hydrogens (tertiary/aromatic N) is 2. The summed E-state index contributed by atoms with van der Waals surface area (Å²) in [5.41, 5.74) is -0.380. The lowest BCUT2D eigenvalue weighted by Gasteiger charge is -2.10. The third kappa shape index (κ3) is 5.14. The lowest BCUT2D eigenvalue weighted by Crippen LogP contribution is -2.23. The molecule has 7 nitrogen and oxygen atoms in total. The van der Waals surface area contributed by atoms with Crippen molar-refractivity contribution in [3.8, 4) is 17.0 Å². The number of carbonyl (C=O) groups excluding carboxylic acids is 2. The van der Waals surface area contributed by atoms with Gasteiger partial charge in [0, 0.05) is 46.9 Å². The number of ether oxygens (including phenoxy) is 1. The normalized spacial score (nSPS) is 12.9. The molecule has 172 valence electrons. The summed E-state index contributed by atoms with van der Waals surface area (Å²) in [7, 11) is 0. The Morgan fingerprint density at radius 2 is 1.91 bits per heavy atom. The predicted molar refractivity (Wildman–Crippen MR) is 121 cm³/mol. The molecule has 0 aliphatic carbocycles. The Morgan fingerprint density at radius 1 is 1.18 bits per heavy atom. The fourth-order valence-electron chi connectivity index (χ4n) is 3.49. The molecule has 0 bridgehead atoms. The Balaban J connectivity index is 1.62. The largest absolute Gasteiger partial charge is 0.487 e. The predicted octanol–water partition coefficient (Wildman–Crippen LogP) is 5.23. The maximum Gasteiger partial charge on any atom is 0.487 e. The zero-order valence-corrected chi connectivity index (χ0v) is 18.6. The molecule has 1 aliphatic heterocycles. The summed E-state index contributed by atoms with van der Waals surface area (Å²) in [5, 5.41) is 10.3. The van der Waals surface area contributed by atoms with E-state index in [1.54, 1.807) is 26.0 Å². The number of alkyl halides is 3. The first-order valence-electron chi connectivity index (χ1n) is 10.3. The third-order valence-corrected chi connectivity index (χ3v) is 5.19. The molecule has 0 atom stereocenters. The summed E-state index contributed by atoms with van der Waals surface area (Å²) in [6, 6.07) is 12.6. The number of fused-ring (bicyclic) bond motifs is 1. The van der Waals surface area contributed by atoms with Crippen LogP contribution < -0.4 is 15.4 Å². The van der Waals surface area contributed by atoms with Gasteiger partial charge in [0.15, 0.2) is 0 Å². The zero-order chi connectivity index (χ0) is 23.8. The Morgan fingerprint density at radius 3 is 2.58 bits per heavy atom. The molecule has 1 aliphatic rings. The van der Waals surface area contributed by atoms with Crippen molar-refractivity contribution in [3.05, 3.63) is 59.7 Å². The third-order valence-electron chi connectivity index (χ3n) is 5.11. The molecule has 0 unspecified atom stereocenters. The van der Waals surface area contributed by atoms with E-state index in [1.807, 2.05) is 12.1 Å². The number of aromatic nitrogens is 2. The van der Waals surface area contributed by atoms with Gasteiger partial charge < -0.3 is 15.4 Å². The highest BCUT2D eigenvalue weighted by Gasteiger charge is 2.27. The molecule has 2 heterocycles. The maximum atomic E-state index is 12.9. The highest BCUT2D eigenvalue weighted by Crippen LogP contribution is 2.29. The highest BCUT2D eigenvalue weighted by atomic mass is 35.5. The van der Waals surface area contributed by atoms with Crippen LogP contribution in [0, 0.1) is 5.92 Å². The molecule has 0 saturated heterocycles. The molecule has 0 spiro atoms. The van der Waals surface area contributed by atoms with E-state index in [0.29, 0.717) is 16.8 Å². The van der Waals surface area contributed by atoms with Crippen LogP contribution in [0.15, 0.2) is 48.5 Å². The van der Waals surface area contributed by atoms with Crippen molar-refractivity contribution in [1.29, 1.82) is 0 Å². The number of nitrogens with one attached hydrogen (secondary N) is 2. The Bertz CT molecular complexity index is 1200. The molecule has 0 radical (unpaired) electrons. The lowest BCUT2D eigenvalue weighted by molar-refractivity contribution is -0.0964. The van der Waals surface area contributed by atoms with E-state index in [-0.39, 0.29) is 29.3 Å². The van der Waals surface area contributed by atoms with Gasteiger partial charge in [0.25, 0.3) is 11.8 Å². The first kappa shape index (κ1) is 22.7. The highest BCUT2D eigenvalue weighted by molar-refractivity contribution is 6.20. The Labute approximate surface area is 193 Å². The van der Waals surface area contributed by atoms with Crippen molar-refractivity contribution in [3.63, 3.8) is 0 Å². The number of anilines is 2. The van der Waals surface area contributed by atoms with Gasteiger partial charge in [0.1, 0.15) is 11.6 Å². The number of hydrogen-bond acceptors (Lipinski definition) is 5. The van der Waals surface area contributed by atoms with Crippen molar-refractivity contribution in [1.82, 2.24) is 9.78 Å². The van der Waals surface area contributed by atoms with Gasteiger partial charge in [0.05, 0.1) is 5.69 Å². The van der Waals surface area contributed by atoms with Crippen LogP contribution in [-0.2, 0) is 6.42 Å². The number of carbonyl (C=O) groups is 2. The number of hydrogen-bond donors (Lipinski definition) is 2. The molecule has 0 fully saturated rings. The molecule has 0 saturated carbocycles. The fourth-order valence-corrected chi connectivity index (χ4v) is 3.57. The number of amides is 1. The minimum Gasteiger partial charge on any atom is -0.420 e. The first-order chi connectivity index (χ1) is 15.6. The molecule has 10 heteroatoms.